The molecule has 1 fully saturated rings. The Morgan fingerprint density at radius 2 is 1.95 bits per heavy atom. The minimum atomic E-state index is -0.282. The Kier molecular flexibility index (Phi) is 6.02. The van der Waals surface area contributed by atoms with Crippen LogP contribution in [0.1, 0.15) is 35.2 Å². The molecule has 0 aliphatic carbocycles. The van der Waals surface area contributed by atoms with Crippen molar-refractivity contribution in [2.24, 2.45) is 0 Å². The SMILES string of the molecule is COC(=O)c1ccc(CNCCCN2CCCC2)cc1. The van der Waals surface area contributed by atoms with E-state index in [1.807, 2.05) is 24.3 Å². The van der Waals surface area contributed by atoms with Crippen LogP contribution in [0.2, 0.25) is 0 Å². The lowest BCUT2D eigenvalue weighted by molar-refractivity contribution is 0.0600. The van der Waals surface area contributed by atoms with Crippen molar-refractivity contribution in [2.45, 2.75) is 25.8 Å². The van der Waals surface area contributed by atoms with E-state index in [2.05, 4.69) is 15.0 Å². The van der Waals surface area contributed by atoms with Crippen molar-refractivity contribution in [3.05, 3.63) is 35.4 Å². The maximum atomic E-state index is 11.3. The lowest BCUT2D eigenvalue weighted by Crippen LogP contribution is -2.24. The topological polar surface area (TPSA) is 41.6 Å². The molecule has 0 saturated carbocycles. The summed E-state index contributed by atoms with van der Waals surface area (Å²) < 4.78 is 4.68. The van der Waals surface area contributed by atoms with Gasteiger partial charge in [0, 0.05) is 6.54 Å². The molecule has 1 heterocycles. The van der Waals surface area contributed by atoms with Gasteiger partial charge in [-0.25, -0.2) is 4.79 Å². The second-order valence-corrected chi connectivity index (χ2v) is 5.27. The molecule has 110 valence electrons. The summed E-state index contributed by atoms with van der Waals surface area (Å²) in [4.78, 5) is 13.8. The zero-order valence-electron chi connectivity index (χ0n) is 12.2. The van der Waals surface area contributed by atoms with Gasteiger partial charge in [0.1, 0.15) is 0 Å². The summed E-state index contributed by atoms with van der Waals surface area (Å²) in [6.07, 6.45) is 3.92. The second-order valence-electron chi connectivity index (χ2n) is 5.27. The summed E-state index contributed by atoms with van der Waals surface area (Å²) >= 11 is 0. The fraction of sp³-hybridized carbons (Fsp3) is 0.562. The summed E-state index contributed by atoms with van der Waals surface area (Å²) in [5.74, 6) is -0.282. The normalized spacial score (nSPS) is 15.4. The van der Waals surface area contributed by atoms with Crippen molar-refractivity contribution in [1.82, 2.24) is 10.2 Å². The van der Waals surface area contributed by atoms with Gasteiger partial charge in [-0.2, -0.15) is 0 Å². The lowest BCUT2D eigenvalue weighted by atomic mass is 10.1. The molecule has 1 aromatic carbocycles. The van der Waals surface area contributed by atoms with E-state index in [9.17, 15) is 4.79 Å². The highest BCUT2D eigenvalue weighted by molar-refractivity contribution is 5.89. The molecule has 0 unspecified atom stereocenters. The van der Waals surface area contributed by atoms with Gasteiger partial charge in [-0.1, -0.05) is 12.1 Å². The van der Waals surface area contributed by atoms with Crippen LogP contribution in [0.3, 0.4) is 0 Å². The maximum Gasteiger partial charge on any atom is 0.337 e. The average Bonchev–Trinajstić information content (AvgIpc) is 3.00. The predicted molar refractivity (Wildman–Crippen MR) is 79.8 cm³/mol. The molecule has 20 heavy (non-hydrogen) atoms. The van der Waals surface area contributed by atoms with E-state index in [4.69, 9.17) is 0 Å². The molecular weight excluding hydrogens is 252 g/mol. The molecule has 0 bridgehead atoms. The molecule has 1 aromatic rings. The molecule has 4 nitrogen and oxygen atoms in total. The average molecular weight is 276 g/mol. The molecule has 1 N–H and O–H groups in total. The number of carbonyl (C=O) groups excluding carboxylic acids is 1. The van der Waals surface area contributed by atoms with Crippen LogP contribution in [0.25, 0.3) is 0 Å². The Hall–Kier alpha value is -1.39. The molecule has 2 rings (SSSR count). The Bertz CT molecular complexity index is 411. The van der Waals surface area contributed by atoms with Gasteiger partial charge in [0.2, 0.25) is 0 Å². The van der Waals surface area contributed by atoms with Crippen LogP contribution in [0, 0.1) is 0 Å². The second kappa shape index (κ2) is 8.02. The van der Waals surface area contributed by atoms with Crippen LogP contribution in [0.5, 0.6) is 0 Å². The van der Waals surface area contributed by atoms with Crippen molar-refractivity contribution in [2.75, 3.05) is 33.3 Å². The highest BCUT2D eigenvalue weighted by Crippen LogP contribution is 2.07. The molecule has 0 amide bonds. The van der Waals surface area contributed by atoms with Crippen molar-refractivity contribution in [1.29, 1.82) is 0 Å². The van der Waals surface area contributed by atoms with Gasteiger partial charge in [-0.3, -0.25) is 0 Å². The van der Waals surface area contributed by atoms with Gasteiger partial charge in [0.05, 0.1) is 12.7 Å². The summed E-state index contributed by atoms with van der Waals surface area (Å²) in [5.41, 5.74) is 1.80. The summed E-state index contributed by atoms with van der Waals surface area (Å²) in [7, 11) is 1.40. The van der Waals surface area contributed by atoms with E-state index in [1.165, 1.54) is 51.6 Å². The zero-order valence-corrected chi connectivity index (χ0v) is 12.2. The fourth-order valence-electron chi connectivity index (χ4n) is 2.54. The number of carbonyl (C=O) groups is 1. The van der Waals surface area contributed by atoms with E-state index in [0.717, 1.165) is 13.1 Å². The standard InChI is InChI=1S/C16H24N2O2/c1-20-16(19)15-7-5-14(6-8-15)13-17-9-4-12-18-10-2-3-11-18/h5-8,17H,2-4,9-13H2,1H3. The van der Waals surface area contributed by atoms with Crippen LogP contribution in [-0.2, 0) is 11.3 Å². The van der Waals surface area contributed by atoms with Gasteiger partial charge < -0.3 is 15.0 Å². The first-order chi connectivity index (χ1) is 9.79. The monoisotopic (exact) mass is 276 g/mol. The Morgan fingerprint density at radius 1 is 1.25 bits per heavy atom. The third-order valence-corrected chi connectivity index (χ3v) is 3.73. The molecule has 1 saturated heterocycles. The van der Waals surface area contributed by atoms with E-state index in [1.54, 1.807) is 0 Å². The van der Waals surface area contributed by atoms with Gasteiger partial charge in [0.25, 0.3) is 0 Å². The number of esters is 1. The first-order valence-corrected chi connectivity index (χ1v) is 7.40. The number of benzene rings is 1. The van der Waals surface area contributed by atoms with E-state index >= 15 is 0 Å². The largest absolute Gasteiger partial charge is 0.465 e. The van der Waals surface area contributed by atoms with Crippen molar-refractivity contribution >= 4 is 5.97 Å². The van der Waals surface area contributed by atoms with Crippen molar-refractivity contribution in [3.8, 4) is 0 Å². The number of hydrogen-bond donors (Lipinski definition) is 1. The number of rotatable bonds is 7. The van der Waals surface area contributed by atoms with E-state index in [-0.39, 0.29) is 5.97 Å². The highest BCUT2D eigenvalue weighted by atomic mass is 16.5. The Labute approximate surface area is 121 Å². The van der Waals surface area contributed by atoms with Crippen LogP contribution in [-0.4, -0.2) is 44.2 Å². The summed E-state index contributed by atoms with van der Waals surface area (Å²) in [5, 5.41) is 3.45. The smallest absolute Gasteiger partial charge is 0.337 e. The molecule has 1 aliphatic rings. The summed E-state index contributed by atoms with van der Waals surface area (Å²) in [6.45, 7) is 5.63. The van der Waals surface area contributed by atoms with Crippen LogP contribution >= 0.6 is 0 Å². The highest BCUT2D eigenvalue weighted by Gasteiger charge is 2.09. The van der Waals surface area contributed by atoms with Crippen LogP contribution in [0.4, 0.5) is 0 Å². The first kappa shape index (κ1) is 15.0. The van der Waals surface area contributed by atoms with Gasteiger partial charge in [0.15, 0.2) is 0 Å². The molecule has 4 heteroatoms. The fourth-order valence-corrected chi connectivity index (χ4v) is 2.54. The number of likely N-dealkylation sites (tertiary alicyclic amines) is 1. The third kappa shape index (κ3) is 4.62. The quantitative estimate of drug-likeness (QED) is 0.611. The van der Waals surface area contributed by atoms with E-state index in [0.29, 0.717) is 5.56 Å². The zero-order chi connectivity index (χ0) is 14.2. The number of nitrogens with one attached hydrogen (secondary N) is 1. The first-order valence-electron chi connectivity index (χ1n) is 7.40. The van der Waals surface area contributed by atoms with Gasteiger partial charge in [-0.05, 0) is 63.1 Å². The number of nitrogens with zero attached hydrogens (tertiary/aromatic N) is 1. The number of methoxy groups -OCH3 is 1. The van der Waals surface area contributed by atoms with Crippen LogP contribution in [0.15, 0.2) is 24.3 Å². The predicted octanol–water partition coefficient (Wildman–Crippen LogP) is 2.05. The number of hydrogen-bond acceptors (Lipinski definition) is 4. The van der Waals surface area contributed by atoms with E-state index < -0.39 is 0 Å². The minimum absolute atomic E-state index is 0.282. The molecular formula is C16H24N2O2. The minimum Gasteiger partial charge on any atom is -0.465 e. The Morgan fingerprint density at radius 3 is 2.60 bits per heavy atom. The summed E-state index contributed by atoms with van der Waals surface area (Å²) in [6, 6.07) is 7.57. The molecule has 0 atom stereocenters. The third-order valence-electron chi connectivity index (χ3n) is 3.73. The van der Waals surface area contributed by atoms with Crippen LogP contribution < -0.4 is 5.32 Å². The Balaban J connectivity index is 1.62. The molecule has 0 radical (unpaired) electrons. The van der Waals surface area contributed by atoms with Gasteiger partial charge in [-0.15, -0.1) is 0 Å². The number of ether oxygens (including phenoxy) is 1. The molecule has 0 aromatic heterocycles. The van der Waals surface area contributed by atoms with Crippen molar-refractivity contribution < 1.29 is 9.53 Å². The lowest BCUT2D eigenvalue weighted by Gasteiger charge is -2.14. The van der Waals surface area contributed by atoms with Crippen molar-refractivity contribution in [3.63, 3.8) is 0 Å². The molecule has 1 aliphatic heterocycles. The molecule has 0 spiro atoms. The maximum absolute atomic E-state index is 11.3. The van der Waals surface area contributed by atoms with Gasteiger partial charge >= 0.3 is 5.97 Å².